The summed E-state index contributed by atoms with van der Waals surface area (Å²) in [6.07, 6.45) is 1.55. The van der Waals surface area contributed by atoms with E-state index in [-0.39, 0.29) is 4.90 Å². The molecule has 3 N–H and O–H groups in total. The SMILES string of the molecule is Nc1ccc(Br)c(S(=O)(=O)Nc2cccnc2Br)c1. The van der Waals surface area contributed by atoms with Crippen molar-refractivity contribution in [2.75, 3.05) is 10.5 Å². The first kappa shape index (κ1) is 14.3. The lowest BCUT2D eigenvalue weighted by Crippen LogP contribution is -2.14. The molecular weight excluding hydrogens is 398 g/mol. The maximum atomic E-state index is 12.3. The van der Waals surface area contributed by atoms with Gasteiger partial charge in [0.15, 0.2) is 0 Å². The summed E-state index contributed by atoms with van der Waals surface area (Å²) in [7, 11) is -3.74. The average molecular weight is 407 g/mol. The first-order valence-corrected chi connectivity index (χ1v) is 8.15. The van der Waals surface area contributed by atoms with Gasteiger partial charge in [0.05, 0.1) is 5.69 Å². The lowest BCUT2D eigenvalue weighted by molar-refractivity contribution is 0.600. The van der Waals surface area contributed by atoms with E-state index in [9.17, 15) is 8.42 Å². The number of nitrogens with zero attached hydrogens (tertiary/aromatic N) is 1. The predicted molar refractivity (Wildman–Crippen MR) is 81.3 cm³/mol. The monoisotopic (exact) mass is 405 g/mol. The van der Waals surface area contributed by atoms with E-state index >= 15 is 0 Å². The van der Waals surface area contributed by atoms with Crippen LogP contribution in [0.5, 0.6) is 0 Å². The topological polar surface area (TPSA) is 85.1 Å². The molecule has 100 valence electrons. The summed E-state index contributed by atoms with van der Waals surface area (Å²) in [6.45, 7) is 0. The van der Waals surface area contributed by atoms with Gasteiger partial charge < -0.3 is 5.73 Å². The van der Waals surface area contributed by atoms with Gasteiger partial charge in [-0.1, -0.05) is 0 Å². The molecule has 5 nitrogen and oxygen atoms in total. The van der Waals surface area contributed by atoms with E-state index in [1.54, 1.807) is 30.5 Å². The van der Waals surface area contributed by atoms with Crippen LogP contribution in [0, 0.1) is 0 Å². The standard InChI is InChI=1S/C11H9Br2N3O2S/c12-8-4-3-7(14)6-10(8)19(17,18)16-9-2-1-5-15-11(9)13/h1-6,16H,14H2. The van der Waals surface area contributed by atoms with Crippen molar-refractivity contribution in [2.24, 2.45) is 0 Å². The fraction of sp³-hybridized carbons (Fsp3) is 0. The molecule has 1 aromatic heterocycles. The molecule has 2 aromatic rings. The third-order valence-electron chi connectivity index (χ3n) is 2.25. The molecule has 8 heteroatoms. The van der Waals surface area contributed by atoms with Gasteiger partial charge in [-0.15, -0.1) is 0 Å². The van der Waals surface area contributed by atoms with Gasteiger partial charge in [-0.3, -0.25) is 4.72 Å². The van der Waals surface area contributed by atoms with Gasteiger partial charge in [0.1, 0.15) is 9.50 Å². The zero-order valence-corrected chi connectivity index (χ0v) is 13.5. The molecule has 2 rings (SSSR count). The number of nitrogens with one attached hydrogen (secondary N) is 1. The Labute approximate surface area is 127 Å². The highest BCUT2D eigenvalue weighted by atomic mass is 79.9. The summed E-state index contributed by atoms with van der Waals surface area (Å²) < 4.78 is 27.9. The Hall–Kier alpha value is -1.12. The second-order valence-corrected chi connectivity index (χ2v) is 6.89. The Bertz CT molecular complexity index is 720. The molecule has 0 atom stereocenters. The first-order valence-electron chi connectivity index (χ1n) is 5.08. The van der Waals surface area contributed by atoms with E-state index in [0.717, 1.165) is 0 Å². The molecule has 0 saturated carbocycles. The smallest absolute Gasteiger partial charge is 0.263 e. The van der Waals surface area contributed by atoms with Crippen LogP contribution in [0.15, 0.2) is 50.5 Å². The number of anilines is 2. The lowest BCUT2D eigenvalue weighted by Gasteiger charge is -2.11. The van der Waals surface area contributed by atoms with Gasteiger partial charge in [0, 0.05) is 16.4 Å². The largest absolute Gasteiger partial charge is 0.399 e. The van der Waals surface area contributed by atoms with Crippen LogP contribution in [-0.4, -0.2) is 13.4 Å². The van der Waals surface area contributed by atoms with Crippen molar-refractivity contribution in [3.8, 4) is 0 Å². The fourth-order valence-electron chi connectivity index (χ4n) is 1.39. The number of sulfonamides is 1. The van der Waals surface area contributed by atoms with E-state index in [0.29, 0.717) is 20.5 Å². The highest BCUT2D eigenvalue weighted by Gasteiger charge is 2.19. The van der Waals surface area contributed by atoms with Crippen molar-refractivity contribution < 1.29 is 8.42 Å². The molecule has 1 aromatic carbocycles. The molecule has 0 fully saturated rings. The quantitative estimate of drug-likeness (QED) is 0.606. The Kier molecular flexibility index (Phi) is 4.12. The Balaban J connectivity index is 2.44. The number of nitrogens with two attached hydrogens (primary N) is 1. The van der Waals surface area contributed by atoms with E-state index < -0.39 is 10.0 Å². The summed E-state index contributed by atoms with van der Waals surface area (Å²) in [5.74, 6) is 0. The van der Waals surface area contributed by atoms with E-state index in [4.69, 9.17) is 5.73 Å². The molecule has 0 unspecified atom stereocenters. The van der Waals surface area contributed by atoms with E-state index in [1.165, 1.54) is 6.07 Å². The zero-order valence-electron chi connectivity index (χ0n) is 9.47. The average Bonchev–Trinajstić information content (AvgIpc) is 2.35. The molecule has 0 aliphatic heterocycles. The van der Waals surface area contributed by atoms with Crippen LogP contribution in [0.3, 0.4) is 0 Å². The molecular formula is C11H9Br2N3O2S. The van der Waals surface area contributed by atoms with Gasteiger partial charge in [0.2, 0.25) is 0 Å². The molecule has 0 spiro atoms. The molecule has 0 saturated heterocycles. The van der Waals surface area contributed by atoms with E-state index in [2.05, 4.69) is 41.6 Å². The maximum absolute atomic E-state index is 12.3. The normalized spacial score (nSPS) is 11.3. The minimum Gasteiger partial charge on any atom is -0.399 e. The highest BCUT2D eigenvalue weighted by molar-refractivity contribution is 9.10. The van der Waals surface area contributed by atoms with Crippen LogP contribution in [0.25, 0.3) is 0 Å². The molecule has 0 radical (unpaired) electrons. The number of hydrogen-bond acceptors (Lipinski definition) is 4. The number of rotatable bonds is 3. The summed E-state index contributed by atoms with van der Waals surface area (Å²) in [4.78, 5) is 4.02. The summed E-state index contributed by atoms with van der Waals surface area (Å²) in [5, 5.41) is 0. The highest BCUT2D eigenvalue weighted by Crippen LogP contribution is 2.28. The van der Waals surface area contributed by atoms with Gasteiger partial charge in [0.25, 0.3) is 10.0 Å². The van der Waals surface area contributed by atoms with Crippen LogP contribution in [0.2, 0.25) is 0 Å². The summed E-state index contributed by atoms with van der Waals surface area (Å²) in [5.41, 5.74) is 6.34. The molecule has 0 amide bonds. The third-order valence-corrected chi connectivity index (χ3v) is 5.24. The van der Waals surface area contributed by atoms with Crippen LogP contribution in [0.1, 0.15) is 0 Å². The predicted octanol–water partition coefficient (Wildman–Crippen LogP) is 2.99. The molecule has 1 heterocycles. The van der Waals surface area contributed by atoms with Crippen LogP contribution < -0.4 is 10.5 Å². The second-order valence-electron chi connectivity index (χ2n) is 3.64. The Morgan fingerprint density at radius 2 is 1.95 bits per heavy atom. The van der Waals surface area contributed by atoms with Crippen LogP contribution in [0.4, 0.5) is 11.4 Å². The Morgan fingerprint density at radius 3 is 2.63 bits per heavy atom. The second kappa shape index (κ2) is 5.48. The number of hydrogen-bond donors (Lipinski definition) is 2. The zero-order chi connectivity index (χ0) is 14.0. The van der Waals surface area contributed by atoms with Crippen LogP contribution >= 0.6 is 31.9 Å². The molecule has 0 aliphatic rings. The van der Waals surface area contributed by atoms with Crippen LogP contribution in [-0.2, 0) is 10.0 Å². The molecule has 19 heavy (non-hydrogen) atoms. The minimum absolute atomic E-state index is 0.0725. The fourth-order valence-corrected chi connectivity index (χ4v) is 3.93. The minimum atomic E-state index is -3.74. The number of aromatic nitrogens is 1. The van der Waals surface area contributed by atoms with E-state index in [1.807, 2.05) is 0 Å². The Morgan fingerprint density at radius 1 is 1.21 bits per heavy atom. The molecule has 0 aliphatic carbocycles. The number of pyridine rings is 1. The van der Waals surface area contributed by atoms with Gasteiger partial charge in [-0.25, -0.2) is 13.4 Å². The first-order chi connectivity index (χ1) is 8.90. The van der Waals surface area contributed by atoms with Crippen molar-refractivity contribution in [3.63, 3.8) is 0 Å². The number of benzene rings is 1. The van der Waals surface area contributed by atoms with Crippen molar-refractivity contribution >= 4 is 53.3 Å². The van der Waals surface area contributed by atoms with Gasteiger partial charge >= 0.3 is 0 Å². The van der Waals surface area contributed by atoms with Crippen molar-refractivity contribution in [1.29, 1.82) is 0 Å². The third kappa shape index (κ3) is 3.26. The summed E-state index contributed by atoms with van der Waals surface area (Å²) >= 11 is 6.38. The summed E-state index contributed by atoms with van der Waals surface area (Å²) in [6, 6.07) is 7.83. The maximum Gasteiger partial charge on any atom is 0.263 e. The van der Waals surface area contributed by atoms with Crippen molar-refractivity contribution in [1.82, 2.24) is 4.98 Å². The van der Waals surface area contributed by atoms with Gasteiger partial charge in [-0.2, -0.15) is 0 Å². The number of halogens is 2. The molecule has 0 bridgehead atoms. The van der Waals surface area contributed by atoms with Crippen molar-refractivity contribution in [3.05, 3.63) is 45.6 Å². The number of nitrogen functional groups attached to an aromatic ring is 1. The van der Waals surface area contributed by atoms with Gasteiger partial charge in [-0.05, 0) is 62.2 Å². The lowest BCUT2D eigenvalue weighted by atomic mass is 10.3. The van der Waals surface area contributed by atoms with Crippen molar-refractivity contribution in [2.45, 2.75) is 4.90 Å².